The van der Waals surface area contributed by atoms with Gasteiger partial charge < -0.3 is 15.3 Å². The minimum atomic E-state index is -4.82. The van der Waals surface area contributed by atoms with Crippen molar-refractivity contribution in [2.45, 2.75) is 36.4 Å². The monoisotopic (exact) mass is 511 g/mol. The van der Waals surface area contributed by atoms with E-state index in [0.29, 0.717) is 18.7 Å². The van der Waals surface area contributed by atoms with Gasteiger partial charge in [-0.2, -0.15) is 26.3 Å². The highest BCUT2D eigenvalue weighted by Gasteiger charge is 2.67. The molecule has 34 heavy (non-hydrogen) atoms. The number of fused-ring (bicyclic) bond motifs is 1. The van der Waals surface area contributed by atoms with Crippen molar-refractivity contribution in [1.82, 2.24) is 9.97 Å². The largest absolute Gasteiger partial charge is 0.417 e. The first kappa shape index (κ1) is 24.5. The lowest BCUT2D eigenvalue weighted by molar-refractivity contribution is -0.258. The lowest BCUT2D eigenvalue weighted by atomic mass is 9.61. The van der Waals surface area contributed by atoms with Crippen LogP contribution in [0, 0.1) is 11.3 Å². The number of nitrogens with zero attached hydrogens (tertiary/aromatic N) is 3. The predicted octanol–water partition coefficient (Wildman–Crippen LogP) is 3.02. The number of aliphatic hydroxyl groups is 1. The maximum Gasteiger partial charge on any atom is 0.417 e. The second-order valence-corrected chi connectivity index (χ2v) is 9.89. The number of sulfonamides is 1. The Bertz CT molecular complexity index is 1210. The highest BCUT2D eigenvalue weighted by molar-refractivity contribution is 7.89. The molecule has 2 aromatic heterocycles. The van der Waals surface area contributed by atoms with Crippen LogP contribution >= 0.6 is 0 Å². The van der Waals surface area contributed by atoms with Crippen molar-refractivity contribution < 1.29 is 39.9 Å². The second kappa shape index (κ2) is 7.95. The molecule has 2 aromatic rings. The van der Waals surface area contributed by atoms with Gasteiger partial charge in [-0.05, 0) is 30.9 Å². The number of nitrogens with two attached hydrogens (primary N) is 1. The van der Waals surface area contributed by atoms with Gasteiger partial charge in [0.2, 0.25) is 0 Å². The van der Waals surface area contributed by atoms with Crippen LogP contribution in [0.15, 0.2) is 35.6 Å². The summed E-state index contributed by atoms with van der Waals surface area (Å²) in [5.41, 5.74) is -3.65. The minimum absolute atomic E-state index is 0.0526. The molecule has 2 aliphatic rings. The van der Waals surface area contributed by atoms with Gasteiger partial charge in [0.25, 0.3) is 10.0 Å². The summed E-state index contributed by atoms with van der Waals surface area (Å²) in [7, 11) is -4.21. The Labute approximate surface area is 189 Å². The van der Waals surface area contributed by atoms with Gasteiger partial charge in [-0.25, -0.2) is 23.5 Å². The van der Waals surface area contributed by atoms with E-state index in [2.05, 4.69) is 15.3 Å². The van der Waals surface area contributed by atoms with Gasteiger partial charge in [-0.3, -0.25) is 0 Å². The summed E-state index contributed by atoms with van der Waals surface area (Å²) < 4.78 is 104. The molecule has 15 heteroatoms. The summed E-state index contributed by atoms with van der Waals surface area (Å²) in [5, 5.41) is 17.6. The van der Waals surface area contributed by atoms with Crippen molar-refractivity contribution in [2.75, 3.05) is 23.3 Å². The number of aliphatic hydroxyl groups excluding tert-OH is 1. The van der Waals surface area contributed by atoms with Crippen LogP contribution in [0.25, 0.3) is 0 Å². The van der Waals surface area contributed by atoms with Crippen LogP contribution in [-0.4, -0.2) is 42.8 Å². The fourth-order valence-electron chi connectivity index (χ4n) is 4.45. The molecule has 0 radical (unpaired) electrons. The van der Waals surface area contributed by atoms with E-state index in [9.17, 15) is 39.9 Å². The summed E-state index contributed by atoms with van der Waals surface area (Å²) in [6.45, 7) is -0.577. The van der Waals surface area contributed by atoms with Gasteiger partial charge >= 0.3 is 12.4 Å². The Kier molecular flexibility index (Phi) is 5.72. The van der Waals surface area contributed by atoms with Gasteiger partial charge in [-0.15, -0.1) is 0 Å². The maximum absolute atomic E-state index is 13.7. The van der Waals surface area contributed by atoms with Crippen LogP contribution in [0.3, 0.4) is 0 Å². The fraction of sp³-hybridized carbons (Fsp3) is 0.474. The molecule has 0 bridgehead atoms. The van der Waals surface area contributed by atoms with E-state index in [1.807, 2.05) is 0 Å². The van der Waals surface area contributed by atoms with Crippen molar-refractivity contribution in [3.8, 4) is 0 Å². The number of aromatic nitrogens is 2. The Morgan fingerprint density at radius 2 is 1.91 bits per heavy atom. The van der Waals surface area contributed by atoms with Crippen molar-refractivity contribution in [1.29, 1.82) is 0 Å². The van der Waals surface area contributed by atoms with Crippen molar-refractivity contribution in [3.05, 3.63) is 41.7 Å². The van der Waals surface area contributed by atoms with Crippen LogP contribution < -0.4 is 15.4 Å². The number of anilines is 2. The van der Waals surface area contributed by atoms with Gasteiger partial charge in [0.15, 0.2) is 11.3 Å². The standard InChI is InChI=1S/C19H19F6N5O3S/c20-18(21,22)11-5-13(16(31)29-12-2-4-27-14(6-12)34(26,32)33)15(28-7-11)30-8-10-1-3-17(10,9-30)19(23,24)25/h2,4-7,10,16,31H,1,3,8-9H2,(H,27,29)(H2,26,32,33). The molecule has 1 saturated carbocycles. The van der Waals surface area contributed by atoms with Gasteiger partial charge in [0.1, 0.15) is 5.82 Å². The quantitative estimate of drug-likeness (QED) is 0.417. The Hall–Kier alpha value is -2.65. The summed E-state index contributed by atoms with van der Waals surface area (Å²) in [5.74, 6) is -0.959. The molecule has 1 saturated heterocycles. The van der Waals surface area contributed by atoms with Crippen molar-refractivity contribution >= 4 is 21.5 Å². The Morgan fingerprint density at radius 1 is 1.21 bits per heavy atom. The fourth-order valence-corrected chi connectivity index (χ4v) is 4.95. The summed E-state index contributed by atoms with van der Waals surface area (Å²) in [4.78, 5) is 8.56. The van der Waals surface area contributed by atoms with Crippen LogP contribution in [-0.2, 0) is 16.2 Å². The molecule has 1 aliphatic heterocycles. The van der Waals surface area contributed by atoms with E-state index in [1.165, 1.54) is 11.0 Å². The summed E-state index contributed by atoms with van der Waals surface area (Å²) in [6, 6.07) is 2.78. The zero-order valence-electron chi connectivity index (χ0n) is 17.2. The molecule has 1 aliphatic carbocycles. The molecule has 0 spiro atoms. The van der Waals surface area contributed by atoms with Crippen LogP contribution in [0.4, 0.5) is 37.8 Å². The normalized spacial score (nSPS) is 23.9. The first-order chi connectivity index (χ1) is 15.6. The summed E-state index contributed by atoms with van der Waals surface area (Å²) >= 11 is 0. The van der Waals surface area contributed by atoms with Gasteiger partial charge in [0.05, 0.1) is 11.0 Å². The third-order valence-electron chi connectivity index (χ3n) is 6.35. The zero-order chi connectivity index (χ0) is 25.1. The molecule has 3 atom stereocenters. The zero-order valence-corrected chi connectivity index (χ0v) is 18.0. The molecule has 3 unspecified atom stereocenters. The van der Waals surface area contributed by atoms with Crippen LogP contribution in [0.5, 0.6) is 0 Å². The second-order valence-electron chi connectivity index (χ2n) is 8.38. The first-order valence-corrected chi connectivity index (χ1v) is 11.5. The molecule has 0 amide bonds. The maximum atomic E-state index is 13.7. The highest BCUT2D eigenvalue weighted by Crippen LogP contribution is 2.61. The van der Waals surface area contributed by atoms with Gasteiger partial charge in [-0.1, -0.05) is 0 Å². The number of hydrogen-bond acceptors (Lipinski definition) is 7. The van der Waals surface area contributed by atoms with Crippen LogP contribution in [0.1, 0.15) is 30.2 Å². The average Bonchev–Trinajstić information content (AvgIpc) is 2.97. The molecule has 2 fully saturated rings. The number of alkyl halides is 6. The lowest BCUT2D eigenvalue weighted by Gasteiger charge is -2.44. The number of hydrogen-bond donors (Lipinski definition) is 3. The lowest BCUT2D eigenvalue weighted by Crippen LogP contribution is -2.51. The van der Waals surface area contributed by atoms with E-state index in [4.69, 9.17) is 5.14 Å². The topological polar surface area (TPSA) is 121 Å². The van der Waals surface area contributed by atoms with Crippen molar-refractivity contribution in [3.63, 3.8) is 0 Å². The highest BCUT2D eigenvalue weighted by atomic mass is 32.2. The summed E-state index contributed by atoms with van der Waals surface area (Å²) in [6.07, 6.45) is -9.42. The number of rotatable bonds is 5. The first-order valence-electron chi connectivity index (χ1n) is 9.94. The van der Waals surface area contributed by atoms with E-state index in [0.717, 1.165) is 12.3 Å². The molecule has 8 nitrogen and oxygen atoms in total. The third kappa shape index (κ3) is 4.27. The SMILES string of the molecule is NS(=O)(=O)c1cc(NC(O)c2cc(C(F)(F)F)cnc2N2CC3CCC3(C(F)(F)F)C2)ccn1. The van der Waals surface area contributed by atoms with Crippen molar-refractivity contribution in [2.24, 2.45) is 16.5 Å². The van der Waals surface area contributed by atoms with Crippen LogP contribution in [0.2, 0.25) is 0 Å². The minimum Gasteiger partial charge on any atom is -0.369 e. The number of nitrogens with one attached hydrogen (secondary N) is 1. The van der Waals surface area contributed by atoms with E-state index in [-0.39, 0.29) is 24.5 Å². The van der Waals surface area contributed by atoms with Gasteiger partial charge in [0, 0.05) is 42.8 Å². The van der Waals surface area contributed by atoms with E-state index < -0.39 is 62.6 Å². The van der Waals surface area contributed by atoms with E-state index >= 15 is 0 Å². The Balaban J connectivity index is 1.70. The number of pyridine rings is 2. The van der Waals surface area contributed by atoms with E-state index in [1.54, 1.807) is 0 Å². The average molecular weight is 511 g/mol. The third-order valence-corrected chi connectivity index (χ3v) is 7.15. The molecule has 186 valence electrons. The molecule has 0 aromatic carbocycles. The molecule has 3 heterocycles. The molecule has 4 N–H and O–H groups in total. The molecular formula is C19H19F6N5O3S. The smallest absolute Gasteiger partial charge is 0.369 e. The predicted molar refractivity (Wildman–Crippen MR) is 107 cm³/mol. The number of halogens is 6. The Morgan fingerprint density at radius 3 is 2.44 bits per heavy atom. The number of primary sulfonamides is 1. The molecular weight excluding hydrogens is 492 g/mol. The molecule has 4 rings (SSSR count).